The molecule has 0 saturated heterocycles. The maximum absolute atomic E-state index is 12.4. The Morgan fingerprint density at radius 2 is 2.07 bits per heavy atom. The lowest BCUT2D eigenvalue weighted by Gasteiger charge is -2.12. The third-order valence-corrected chi connectivity index (χ3v) is 5.26. The van der Waals surface area contributed by atoms with Crippen molar-refractivity contribution in [3.05, 3.63) is 70.0 Å². The number of para-hydroxylation sites is 2. The van der Waals surface area contributed by atoms with Gasteiger partial charge in [-0.05, 0) is 29.6 Å². The lowest BCUT2D eigenvalue weighted by molar-refractivity contribution is -0.116. The fourth-order valence-electron chi connectivity index (χ4n) is 2.54. The van der Waals surface area contributed by atoms with Crippen molar-refractivity contribution in [2.45, 2.75) is 12.8 Å². The number of carbonyl (C=O) groups is 1. The second kappa shape index (κ2) is 9.25. The lowest BCUT2D eigenvalue weighted by Crippen LogP contribution is -2.13. The smallest absolute Gasteiger partial charge is 0.238 e. The number of nitrogens with zero attached hydrogens (tertiary/aromatic N) is 3. The predicted octanol–water partition coefficient (Wildman–Crippen LogP) is 5.86. The van der Waals surface area contributed by atoms with E-state index < -0.39 is 0 Å². The molecule has 3 aromatic heterocycles. The van der Waals surface area contributed by atoms with Gasteiger partial charge in [-0.3, -0.25) is 4.79 Å². The molecular formula is C20H14Cl2N4O3S. The summed E-state index contributed by atoms with van der Waals surface area (Å²) in [5.41, 5.74) is 0.486. The van der Waals surface area contributed by atoms with Crippen molar-refractivity contribution >= 4 is 46.1 Å². The molecule has 4 aromatic rings. The summed E-state index contributed by atoms with van der Waals surface area (Å²) in [4.78, 5) is 21.7. The highest BCUT2D eigenvalue weighted by molar-refractivity contribution is 7.13. The minimum atomic E-state index is -0.225. The molecule has 3 heterocycles. The van der Waals surface area contributed by atoms with E-state index in [9.17, 15) is 4.79 Å². The number of ether oxygens (including phenoxy) is 1. The standard InChI is InChI=1S/C20H14Cl2N4O3S/c21-12-10-13(22)20(23-11-12)28-15-5-2-1-4-14(15)24-17(27)7-8-18-25-19(26-29-18)16-6-3-9-30-16/h1-6,9-11H,7-8H2,(H,24,27). The van der Waals surface area contributed by atoms with Crippen LogP contribution in [-0.4, -0.2) is 21.0 Å². The van der Waals surface area contributed by atoms with Gasteiger partial charge in [-0.1, -0.05) is 46.6 Å². The van der Waals surface area contributed by atoms with Crippen LogP contribution in [0.3, 0.4) is 0 Å². The molecule has 0 spiro atoms. The number of hydrogen-bond acceptors (Lipinski definition) is 7. The van der Waals surface area contributed by atoms with Crippen LogP contribution < -0.4 is 10.1 Å². The first-order valence-electron chi connectivity index (χ1n) is 8.83. The number of thiophene rings is 1. The number of pyridine rings is 1. The molecule has 1 amide bonds. The molecule has 1 N–H and O–H groups in total. The number of nitrogens with one attached hydrogen (secondary N) is 1. The molecule has 7 nitrogen and oxygen atoms in total. The average Bonchev–Trinajstić information content (AvgIpc) is 3.41. The number of amides is 1. The molecule has 10 heteroatoms. The molecular weight excluding hydrogens is 447 g/mol. The molecule has 0 radical (unpaired) electrons. The van der Waals surface area contributed by atoms with Crippen LogP contribution in [-0.2, 0) is 11.2 Å². The molecule has 30 heavy (non-hydrogen) atoms. The number of anilines is 1. The van der Waals surface area contributed by atoms with Crippen molar-refractivity contribution in [2.75, 3.05) is 5.32 Å². The first-order valence-corrected chi connectivity index (χ1v) is 10.5. The van der Waals surface area contributed by atoms with Crippen molar-refractivity contribution in [1.29, 1.82) is 0 Å². The number of aryl methyl sites for hydroxylation is 1. The summed E-state index contributed by atoms with van der Waals surface area (Å²) in [7, 11) is 0. The Morgan fingerprint density at radius 1 is 1.20 bits per heavy atom. The largest absolute Gasteiger partial charge is 0.435 e. The van der Waals surface area contributed by atoms with Crippen LogP contribution >= 0.6 is 34.5 Å². The van der Waals surface area contributed by atoms with E-state index in [1.807, 2.05) is 17.5 Å². The van der Waals surface area contributed by atoms with Crippen molar-refractivity contribution < 1.29 is 14.1 Å². The quantitative estimate of drug-likeness (QED) is 0.371. The van der Waals surface area contributed by atoms with E-state index in [4.69, 9.17) is 32.5 Å². The van der Waals surface area contributed by atoms with E-state index in [-0.39, 0.29) is 23.2 Å². The molecule has 4 rings (SSSR count). The second-order valence-electron chi connectivity index (χ2n) is 6.08. The molecule has 1 aromatic carbocycles. The van der Waals surface area contributed by atoms with E-state index >= 15 is 0 Å². The van der Waals surface area contributed by atoms with Gasteiger partial charge in [-0.2, -0.15) is 4.98 Å². The van der Waals surface area contributed by atoms with Gasteiger partial charge < -0.3 is 14.6 Å². The zero-order valence-corrected chi connectivity index (χ0v) is 17.7. The van der Waals surface area contributed by atoms with E-state index in [2.05, 4.69) is 20.4 Å². The molecule has 0 aliphatic carbocycles. The number of halogens is 2. The normalized spacial score (nSPS) is 10.7. The highest BCUT2D eigenvalue weighted by atomic mass is 35.5. The number of carbonyl (C=O) groups excluding carboxylic acids is 1. The monoisotopic (exact) mass is 460 g/mol. The van der Waals surface area contributed by atoms with Crippen molar-refractivity contribution in [3.8, 4) is 22.3 Å². The topological polar surface area (TPSA) is 90.1 Å². The molecule has 0 bridgehead atoms. The van der Waals surface area contributed by atoms with Gasteiger partial charge in [0.2, 0.25) is 23.5 Å². The number of rotatable bonds is 7. The Labute approximate surface area is 185 Å². The van der Waals surface area contributed by atoms with Gasteiger partial charge in [0.25, 0.3) is 0 Å². The summed E-state index contributed by atoms with van der Waals surface area (Å²) in [6.45, 7) is 0. The van der Waals surface area contributed by atoms with Crippen LogP contribution in [0.25, 0.3) is 10.7 Å². The van der Waals surface area contributed by atoms with Gasteiger partial charge in [-0.15, -0.1) is 11.3 Å². The maximum atomic E-state index is 12.4. The van der Waals surface area contributed by atoms with Crippen LogP contribution in [0.4, 0.5) is 5.69 Å². The van der Waals surface area contributed by atoms with Crippen LogP contribution in [0.2, 0.25) is 10.0 Å². The molecule has 0 saturated carbocycles. The SMILES string of the molecule is O=C(CCc1nc(-c2cccs2)no1)Nc1ccccc1Oc1ncc(Cl)cc1Cl. The summed E-state index contributed by atoms with van der Waals surface area (Å²) in [5.74, 6) is 1.29. The Bertz CT molecular complexity index is 1160. The van der Waals surface area contributed by atoms with E-state index in [0.717, 1.165) is 4.88 Å². The van der Waals surface area contributed by atoms with Crippen LogP contribution in [0.5, 0.6) is 11.6 Å². The molecule has 0 aliphatic heterocycles. The van der Waals surface area contributed by atoms with E-state index in [1.165, 1.54) is 23.6 Å². The van der Waals surface area contributed by atoms with Crippen LogP contribution in [0.1, 0.15) is 12.3 Å². The zero-order chi connectivity index (χ0) is 20.9. The third kappa shape index (κ3) is 4.96. The van der Waals surface area contributed by atoms with Crippen molar-refractivity contribution in [3.63, 3.8) is 0 Å². The number of hydrogen-bond donors (Lipinski definition) is 1. The maximum Gasteiger partial charge on any atom is 0.238 e. The van der Waals surface area contributed by atoms with Gasteiger partial charge in [0, 0.05) is 19.0 Å². The fourth-order valence-corrected chi connectivity index (χ4v) is 3.60. The Kier molecular flexibility index (Phi) is 6.27. The fraction of sp³-hybridized carbons (Fsp3) is 0.100. The summed E-state index contributed by atoms with van der Waals surface area (Å²) < 4.78 is 11.0. The number of aromatic nitrogens is 3. The van der Waals surface area contributed by atoms with Gasteiger partial charge in [0.15, 0.2) is 5.75 Å². The molecule has 0 fully saturated rings. The summed E-state index contributed by atoms with van der Waals surface area (Å²) in [6.07, 6.45) is 1.91. The van der Waals surface area contributed by atoms with Crippen LogP contribution in [0, 0.1) is 0 Å². The average molecular weight is 461 g/mol. The second-order valence-corrected chi connectivity index (χ2v) is 7.87. The number of benzene rings is 1. The zero-order valence-electron chi connectivity index (χ0n) is 15.3. The van der Waals surface area contributed by atoms with Crippen molar-refractivity contribution in [1.82, 2.24) is 15.1 Å². The van der Waals surface area contributed by atoms with E-state index in [1.54, 1.807) is 24.3 Å². The highest BCUT2D eigenvalue weighted by Gasteiger charge is 2.14. The first kappa shape index (κ1) is 20.3. The summed E-state index contributed by atoms with van der Waals surface area (Å²) >= 11 is 13.5. The Hall–Kier alpha value is -2.94. The summed E-state index contributed by atoms with van der Waals surface area (Å²) in [5, 5.41) is 9.36. The Balaban J connectivity index is 1.39. The molecule has 0 atom stereocenters. The first-order chi connectivity index (χ1) is 14.6. The third-order valence-electron chi connectivity index (χ3n) is 3.92. The van der Waals surface area contributed by atoms with Crippen molar-refractivity contribution in [2.24, 2.45) is 0 Å². The minimum Gasteiger partial charge on any atom is -0.435 e. The molecule has 152 valence electrons. The van der Waals surface area contributed by atoms with Gasteiger partial charge in [0.1, 0.15) is 5.02 Å². The van der Waals surface area contributed by atoms with Crippen LogP contribution in [0.15, 0.2) is 58.6 Å². The molecule has 0 unspecified atom stereocenters. The van der Waals surface area contributed by atoms with Gasteiger partial charge in [-0.25, -0.2) is 4.98 Å². The van der Waals surface area contributed by atoms with Gasteiger partial charge in [0.05, 0.1) is 15.6 Å². The highest BCUT2D eigenvalue weighted by Crippen LogP contribution is 2.33. The summed E-state index contributed by atoms with van der Waals surface area (Å²) in [6, 6.07) is 12.3. The van der Waals surface area contributed by atoms with E-state index in [0.29, 0.717) is 34.6 Å². The minimum absolute atomic E-state index is 0.167. The Morgan fingerprint density at radius 3 is 2.87 bits per heavy atom. The van der Waals surface area contributed by atoms with Gasteiger partial charge >= 0.3 is 0 Å². The lowest BCUT2D eigenvalue weighted by atomic mass is 10.2. The molecule has 0 aliphatic rings. The predicted molar refractivity (Wildman–Crippen MR) is 115 cm³/mol.